The van der Waals surface area contributed by atoms with Crippen molar-refractivity contribution < 1.29 is 4.57 Å². The minimum atomic E-state index is 0.500. The standard InChI is InChI=1S/2C8H10.C6H8N.C6H7N.C5H12.C3H8/c2*1-7-3-5-8(2)6-4-7;1-7-5-3-2-4-6-7;1-6-4-2-3-5-7-6;1-5(2,3)4;1-3-2/h2*3-6H,1-2H3;2-6H,1H3;2-5H,1H3;1-4H3;3H2,1-2H3/q;;+1;;;. The van der Waals surface area contributed by atoms with Crippen molar-refractivity contribution in [3.63, 3.8) is 0 Å². The van der Waals surface area contributed by atoms with Gasteiger partial charge in [0.2, 0.25) is 0 Å². The highest BCUT2D eigenvalue weighted by atomic mass is 14.9. The minimum absolute atomic E-state index is 0.500. The second kappa shape index (κ2) is 22.9. The van der Waals surface area contributed by atoms with E-state index in [0.29, 0.717) is 5.41 Å². The lowest BCUT2D eigenvalue weighted by Gasteiger charge is -2.05. The van der Waals surface area contributed by atoms with Crippen LogP contribution in [0.5, 0.6) is 0 Å². The summed E-state index contributed by atoms with van der Waals surface area (Å²) in [5.41, 5.74) is 6.89. The minimum Gasteiger partial charge on any atom is -0.262 e. The maximum atomic E-state index is 3.98. The average molecular weight is 516 g/mol. The first-order valence-corrected chi connectivity index (χ1v) is 13.6. The van der Waals surface area contributed by atoms with Gasteiger partial charge in [-0.15, -0.1) is 0 Å². The molecular weight excluding hydrogens is 460 g/mol. The van der Waals surface area contributed by atoms with E-state index in [9.17, 15) is 0 Å². The largest absolute Gasteiger partial charge is 0.262 e. The maximum absolute atomic E-state index is 3.98. The van der Waals surface area contributed by atoms with Crippen LogP contribution in [0.3, 0.4) is 0 Å². The van der Waals surface area contributed by atoms with Crippen LogP contribution in [0.15, 0.2) is 104 Å². The van der Waals surface area contributed by atoms with Gasteiger partial charge < -0.3 is 0 Å². The maximum Gasteiger partial charge on any atom is 0.168 e. The molecule has 4 rings (SSSR count). The molecule has 0 amide bonds. The third kappa shape index (κ3) is 30.8. The van der Waals surface area contributed by atoms with Crippen molar-refractivity contribution in [2.45, 2.75) is 82.6 Å². The zero-order valence-corrected chi connectivity index (χ0v) is 26.4. The van der Waals surface area contributed by atoms with Crippen molar-refractivity contribution in [2.75, 3.05) is 0 Å². The zero-order chi connectivity index (χ0) is 29.4. The van der Waals surface area contributed by atoms with Gasteiger partial charge in [-0.1, -0.05) is 131 Å². The Labute approximate surface area is 235 Å². The lowest BCUT2D eigenvalue weighted by atomic mass is 10.0. The molecule has 0 N–H and O–H groups in total. The normalized spacial score (nSPS) is 9.16. The summed E-state index contributed by atoms with van der Waals surface area (Å²) in [4.78, 5) is 3.98. The highest BCUT2D eigenvalue weighted by Crippen LogP contribution is 2.08. The smallest absolute Gasteiger partial charge is 0.168 e. The van der Waals surface area contributed by atoms with Crippen LogP contribution in [0.25, 0.3) is 0 Å². The van der Waals surface area contributed by atoms with Gasteiger partial charge >= 0.3 is 0 Å². The van der Waals surface area contributed by atoms with E-state index >= 15 is 0 Å². The fourth-order valence-corrected chi connectivity index (χ4v) is 2.21. The van der Waals surface area contributed by atoms with Gasteiger partial charge in [0.25, 0.3) is 0 Å². The van der Waals surface area contributed by atoms with Crippen LogP contribution in [0.4, 0.5) is 0 Å². The number of hydrogen-bond donors (Lipinski definition) is 0. The Morgan fingerprint density at radius 3 is 1.03 bits per heavy atom. The highest BCUT2D eigenvalue weighted by Gasteiger charge is 1.95. The van der Waals surface area contributed by atoms with E-state index in [-0.39, 0.29) is 0 Å². The molecule has 2 nitrogen and oxygen atoms in total. The van der Waals surface area contributed by atoms with E-state index in [1.807, 2.05) is 67.3 Å². The topological polar surface area (TPSA) is 16.8 Å². The van der Waals surface area contributed by atoms with Crippen molar-refractivity contribution >= 4 is 0 Å². The van der Waals surface area contributed by atoms with Crippen LogP contribution in [0, 0.1) is 40.0 Å². The molecule has 0 saturated carbocycles. The Morgan fingerprint density at radius 1 is 0.553 bits per heavy atom. The molecule has 0 aliphatic rings. The molecule has 208 valence electrons. The number of hydrogen-bond acceptors (Lipinski definition) is 1. The monoisotopic (exact) mass is 515 g/mol. The summed E-state index contributed by atoms with van der Waals surface area (Å²) in [5.74, 6) is 0. The Balaban J connectivity index is 0. The van der Waals surface area contributed by atoms with Crippen molar-refractivity contribution in [3.8, 4) is 0 Å². The van der Waals surface area contributed by atoms with E-state index in [0.717, 1.165) is 5.69 Å². The van der Waals surface area contributed by atoms with Gasteiger partial charge in [-0.25, -0.2) is 4.57 Å². The average Bonchev–Trinajstić information content (AvgIpc) is 2.85. The van der Waals surface area contributed by atoms with Crippen molar-refractivity contribution in [1.82, 2.24) is 4.98 Å². The molecule has 38 heavy (non-hydrogen) atoms. The van der Waals surface area contributed by atoms with Crippen LogP contribution in [0.2, 0.25) is 0 Å². The van der Waals surface area contributed by atoms with E-state index < -0.39 is 0 Å². The third-order valence-corrected chi connectivity index (χ3v) is 4.11. The summed E-state index contributed by atoms with van der Waals surface area (Å²) in [6, 6.07) is 28.8. The number of rotatable bonds is 0. The number of pyridine rings is 2. The molecule has 0 spiro atoms. The Bertz CT molecular complexity index is 886. The molecule has 2 heteroatoms. The summed E-state index contributed by atoms with van der Waals surface area (Å²) in [7, 11) is 2.00. The van der Waals surface area contributed by atoms with Gasteiger partial charge in [-0.3, -0.25) is 4.98 Å². The van der Waals surface area contributed by atoms with Crippen LogP contribution in [-0.2, 0) is 7.05 Å². The fraction of sp³-hybridized carbons (Fsp3) is 0.389. The van der Waals surface area contributed by atoms with Gasteiger partial charge in [-0.05, 0) is 52.2 Å². The van der Waals surface area contributed by atoms with Gasteiger partial charge in [-0.2, -0.15) is 0 Å². The second-order valence-electron chi connectivity index (χ2n) is 11.0. The Kier molecular flexibility index (Phi) is 22.2. The first-order chi connectivity index (χ1) is 17.8. The number of aromatic nitrogens is 2. The van der Waals surface area contributed by atoms with Crippen LogP contribution < -0.4 is 4.57 Å². The van der Waals surface area contributed by atoms with Crippen molar-refractivity contribution in [2.24, 2.45) is 12.5 Å². The molecule has 0 atom stereocenters. The Hall–Kier alpha value is -3.26. The first kappa shape index (κ1) is 36.9. The molecule has 0 aliphatic heterocycles. The SMILES string of the molecule is CC(C)(C)C.CCC.C[n+]1ccccc1.Cc1ccc(C)cc1.Cc1ccc(C)cc1.Cc1ccccn1. The van der Waals surface area contributed by atoms with Crippen molar-refractivity contribution in [3.05, 3.63) is 131 Å². The molecule has 0 bridgehead atoms. The summed E-state index contributed by atoms with van der Waals surface area (Å²) in [5, 5.41) is 0. The predicted octanol–water partition coefficient (Wildman–Crippen LogP) is 9.98. The highest BCUT2D eigenvalue weighted by molar-refractivity contribution is 5.20. The molecular formula is C36H55N2+. The van der Waals surface area contributed by atoms with E-state index in [2.05, 4.69) is 123 Å². The molecule has 0 radical (unpaired) electrons. The first-order valence-electron chi connectivity index (χ1n) is 13.6. The van der Waals surface area contributed by atoms with E-state index in [1.165, 1.54) is 28.7 Å². The molecule has 0 unspecified atom stereocenters. The second-order valence-corrected chi connectivity index (χ2v) is 11.0. The molecule has 0 saturated heterocycles. The summed E-state index contributed by atoms with van der Waals surface area (Å²) in [6.07, 6.45) is 7.04. The summed E-state index contributed by atoms with van der Waals surface area (Å²) < 4.78 is 2.00. The van der Waals surface area contributed by atoms with E-state index in [1.54, 1.807) is 6.20 Å². The van der Waals surface area contributed by atoms with Gasteiger partial charge in [0.1, 0.15) is 7.05 Å². The van der Waals surface area contributed by atoms with E-state index in [4.69, 9.17) is 0 Å². The lowest BCUT2D eigenvalue weighted by Crippen LogP contribution is -2.25. The number of aryl methyl sites for hydroxylation is 6. The lowest BCUT2D eigenvalue weighted by molar-refractivity contribution is -0.671. The van der Waals surface area contributed by atoms with Gasteiger partial charge in [0.15, 0.2) is 12.4 Å². The molecule has 4 aromatic rings. The van der Waals surface area contributed by atoms with Gasteiger partial charge in [0, 0.05) is 24.0 Å². The quantitative estimate of drug-likeness (QED) is 0.213. The molecule has 2 aromatic carbocycles. The van der Waals surface area contributed by atoms with Crippen LogP contribution >= 0.6 is 0 Å². The molecule has 0 aliphatic carbocycles. The van der Waals surface area contributed by atoms with Gasteiger partial charge in [0.05, 0.1) is 0 Å². The number of benzene rings is 2. The fourth-order valence-electron chi connectivity index (χ4n) is 2.21. The number of nitrogens with zero attached hydrogens (tertiary/aromatic N) is 2. The molecule has 0 fully saturated rings. The van der Waals surface area contributed by atoms with Crippen LogP contribution in [0.1, 0.15) is 75.9 Å². The summed E-state index contributed by atoms with van der Waals surface area (Å²) in [6.45, 7) is 23.4. The van der Waals surface area contributed by atoms with Crippen LogP contribution in [-0.4, -0.2) is 4.98 Å². The predicted molar refractivity (Wildman–Crippen MR) is 170 cm³/mol. The summed E-state index contributed by atoms with van der Waals surface area (Å²) >= 11 is 0. The van der Waals surface area contributed by atoms with Crippen molar-refractivity contribution in [1.29, 1.82) is 0 Å². The Morgan fingerprint density at radius 2 is 0.868 bits per heavy atom. The molecule has 2 aromatic heterocycles. The third-order valence-electron chi connectivity index (χ3n) is 4.11. The molecule has 2 heterocycles. The zero-order valence-electron chi connectivity index (χ0n) is 26.4.